The molecule has 19 heavy (non-hydrogen) atoms. The third-order valence-corrected chi connectivity index (χ3v) is 4.32. The molecule has 0 radical (unpaired) electrons. The third kappa shape index (κ3) is 3.15. The molecular weight excluding hydrogens is 311 g/mol. The molecule has 0 aromatic heterocycles. The van der Waals surface area contributed by atoms with Gasteiger partial charge in [-0.15, -0.1) is 0 Å². The zero-order valence-corrected chi connectivity index (χ0v) is 12.5. The number of nitrogens with two attached hydrogens (primary N) is 1. The maximum Gasteiger partial charge on any atom is 0.244 e. The fourth-order valence-corrected chi connectivity index (χ4v) is 2.90. The summed E-state index contributed by atoms with van der Waals surface area (Å²) in [7, 11) is 0. The Kier molecular flexibility index (Phi) is 4.26. The molecule has 0 saturated heterocycles. The molecule has 0 bridgehead atoms. The Hall–Kier alpha value is -0.940. The van der Waals surface area contributed by atoms with Crippen molar-refractivity contribution >= 4 is 27.5 Å². The lowest BCUT2D eigenvalue weighted by Crippen LogP contribution is -2.52. The lowest BCUT2D eigenvalue weighted by atomic mass is 9.82. The van der Waals surface area contributed by atoms with Crippen LogP contribution in [0.3, 0.4) is 0 Å². The molecule has 1 amide bonds. The number of rotatable bonds is 2. The van der Waals surface area contributed by atoms with E-state index in [1.807, 2.05) is 6.92 Å². The Morgan fingerprint density at radius 1 is 1.37 bits per heavy atom. The largest absolute Gasteiger partial charge is 0.324 e. The maximum atomic E-state index is 13.5. The lowest BCUT2D eigenvalue weighted by Gasteiger charge is -2.32. The molecule has 104 valence electrons. The molecule has 0 unspecified atom stereocenters. The molecule has 5 heteroatoms. The highest BCUT2D eigenvalue weighted by Crippen LogP contribution is 2.29. The van der Waals surface area contributed by atoms with E-state index in [-0.39, 0.29) is 5.91 Å². The molecule has 3 N–H and O–H groups in total. The second kappa shape index (κ2) is 5.59. The molecule has 3 nitrogen and oxygen atoms in total. The van der Waals surface area contributed by atoms with Crippen LogP contribution < -0.4 is 11.1 Å². The number of hydrogen-bond acceptors (Lipinski definition) is 2. The smallest absolute Gasteiger partial charge is 0.244 e. The number of hydrogen-bond donors (Lipinski definition) is 2. The summed E-state index contributed by atoms with van der Waals surface area (Å²) in [4.78, 5) is 12.3. The summed E-state index contributed by atoms with van der Waals surface area (Å²) in [6.07, 6.45) is 4.45. The summed E-state index contributed by atoms with van der Waals surface area (Å²) in [6, 6.07) is 2.97. The van der Waals surface area contributed by atoms with Crippen molar-refractivity contribution in [2.24, 2.45) is 5.73 Å². The van der Waals surface area contributed by atoms with Crippen LogP contribution in [0, 0.1) is 12.7 Å². The second-order valence-corrected chi connectivity index (χ2v) is 6.11. The normalized spacial score (nSPS) is 18.1. The van der Waals surface area contributed by atoms with Crippen LogP contribution >= 0.6 is 15.9 Å². The van der Waals surface area contributed by atoms with Crippen LogP contribution in [0.2, 0.25) is 0 Å². The van der Waals surface area contributed by atoms with Crippen LogP contribution in [0.1, 0.15) is 37.7 Å². The van der Waals surface area contributed by atoms with Gasteiger partial charge in [0.15, 0.2) is 0 Å². The topological polar surface area (TPSA) is 55.1 Å². The molecule has 1 saturated carbocycles. The number of amides is 1. The van der Waals surface area contributed by atoms with Crippen molar-refractivity contribution in [3.05, 3.63) is 28.0 Å². The van der Waals surface area contributed by atoms with Crippen LogP contribution in [0.25, 0.3) is 0 Å². The Labute approximate surface area is 120 Å². The molecule has 1 aliphatic rings. The van der Waals surface area contributed by atoms with Crippen molar-refractivity contribution in [1.82, 2.24) is 0 Å². The van der Waals surface area contributed by atoms with Gasteiger partial charge in [-0.25, -0.2) is 4.39 Å². The third-order valence-electron chi connectivity index (χ3n) is 3.71. The van der Waals surface area contributed by atoms with Crippen molar-refractivity contribution in [2.45, 2.75) is 44.6 Å². The molecule has 2 rings (SSSR count). The number of carbonyl (C=O) groups excluding carboxylic acids is 1. The first kappa shape index (κ1) is 14.5. The number of carbonyl (C=O) groups is 1. The minimum atomic E-state index is -0.811. The zero-order valence-electron chi connectivity index (χ0n) is 10.9. The fraction of sp³-hybridized carbons (Fsp3) is 0.500. The standard InChI is InChI=1S/C14H18BrFN2O/c1-9-7-10(15)11(16)8-12(9)18-13(19)14(17)5-3-2-4-6-14/h7-8H,2-6,17H2,1H3,(H,18,19). The molecule has 0 aliphatic heterocycles. The van der Waals surface area contributed by atoms with Gasteiger partial charge >= 0.3 is 0 Å². The maximum absolute atomic E-state index is 13.5. The van der Waals surface area contributed by atoms with Gasteiger partial charge in [0.25, 0.3) is 0 Å². The predicted molar refractivity (Wildman–Crippen MR) is 77.5 cm³/mol. The Balaban J connectivity index is 2.16. The van der Waals surface area contributed by atoms with E-state index in [2.05, 4.69) is 21.2 Å². The number of anilines is 1. The summed E-state index contributed by atoms with van der Waals surface area (Å²) < 4.78 is 13.9. The van der Waals surface area contributed by atoms with Crippen LogP contribution in [-0.2, 0) is 4.79 Å². The molecule has 0 heterocycles. The summed E-state index contributed by atoms with van der Waals surface area (Å²) >= 11 is 3.12. The number of nitrogens with one attached hydrogen (secondary N) is 1. The van der Waals surface area contributed by atoms with E-state index >= 15 is 0 Å². The highest BCUT2D eigenvalue weighted by molar-refractivity contribution is 9.10. The summed E-state index contributed by atoms with van der Waals surface area (Å²) in [5.41, 5.74) is 6.64. The first-order chi connectivity index (χ1) is 8.92. The first-order valence-corrected chi connectivity index (χ1v) is 7.28. The Bertz CT molecular complexity index is 498. The molecule has 1 aromatic rings. The zero-order chi connectivity index (χ0) is 14.0. The Morgan fingerprint density at radius 2 is 2.00 bits per heavy atom. The molecule has 0 atom stereocenters. The van der Waals surface area contributed by atoms with Gasteiger partial charge in [-0.05, 0) is 53.4 Å². The summed E-state index contributed by atoms with van der Waals surface area (Å²) in [5, 5.41) is 2.76. The van der Waals surface area contributed by atoms with Crippen molar-refractivity contribution in [3.63, 3.8) is 0 Å². The molecular formula is C14H18BrFN2O. The van der Waals surface area contributed by atoms with Crippen molar-refractivity contribution < 1.29 is 9.18 Å². The number of benzene rings is 1. The predicted octanol–water partition coefficient (Wildman–Crippen LogP) is 3.50. The molecule has 1 aliphatic carbocycles. The van der Waals surface area contributed by atoms with Gasteiger partial charge in [-0.3, -0.25) is 4.79 Å². The van der Waals surface area contributed by atoms with E-state index in [0.29, 0.717) is 23.0 Å². The van der Waals surface area contributed by atoms with Gasteiger partial charge in [0.05, 0.1) is 10.0 Å². The summed E-state index contributed by atoms with van der Waals surface area (Å²) in [6.45, 7) is 1.82. The van der Waals surface area contributed by atoms with Crippen molar-refractivity contribution in [2.75, 3.05) is 5.32 Å². The van der Waals surface area contributed by atoms with E-state index in [1.165, 1.54) is 6.07 Å². The highest BCUT2D eigenvalue weighted by Gasteiger charge is 2.35. The van der Waals surface area contributed by atoms with Gasteiger partial charge in [-0.2, -0.15) is 0 Å². The van der Waals surface area contributed by atoms with Gasteiger partial charge in [-0.1, -0.05) is 19.3 Å². The van der Waals surface area contributed by atoms with E-state index < -0.39 is 11.4 Å². The van der Waals surface area contributed by atoms with Crippen LogP contribution in [0.15, 0.2) is 16.6 Å². The van der Waals surface area contributed by atoms with Gasteiger partial charge in [0.2, 0.25) is 5.91 Å². The van der Waals surface area contributed by atoms with Crippen molar-refractivity contribution in [3.8, 4) is 0 Å². The first-order valence-electron chi connectivity index (χ1n) is 6.48. The molecule has 0 spiro atoms. The summed E-state index contributed by atoms with van der Waals surface area (Å²) in [5.74, 6) is -0.604. The minimum absolute atomic E-state index is 0.211. The highest BCUT2D eigenvalue weighted by atomic mass is 79.9. The monoisotopic (exact) mass is 328 g/mol. The SMILES string of the molecule is Cc1cc(Br)c(F)cc1NC(=O)C1(N)CCCCC1. The van der Waals surface area contributed by atoms with Crippen LogP contribution in [0.4, 0.5) is 10.1 Å². The van der Waals surface area contributed by atoms with E-state index in [4.69, 9.17) is 5.73 Å². The van der Waals surface area contributed by atoms with E-state index in [9.17, 15) is 9.18 Å². The van der Waals surface area contributed by atoms with E-state index in [0.717, 1.165) is 24.8 Å². The van der Waals surface area contributed by atoms with Gasteiger partial charge in [0, 0.05) is 5.69 Å². The van der Waals surface area contributed by atoms with Crippen LogP contribution in [-0.4, -0.2) is 11.4 Å². The fourth-order valence-electron chi connectivity index (χ4n) is 2.44. The second-order valence-electron chi connectivity index (χ2n) is 5.25. The number of aryl methyl sites for hydroxylation is 1. The average molecular weight is 329 g/mol. The molecule has 1 fully saturated rings. The molecule has 1 aromatic carbocycles. The van der Waals surface area contributed by atoms with Gasteiger partial charge < -0.3 is 11.1 Å². The lowest BCUT2D eigenvalue weighted by molar-refractivity contribution is -0.122. The average Bonchev–Trinajstić information content (AvgIpc) is 2.36. The van der Waals surface area contributed by atoms with Crippen molar-refractivity contribution in [1.29, 1.82) is 0 Å². The van der Waals surface area contributed by atoms with Crippen LogP contribution in [0.5, 0.6) is 0 Å². The minimum Gasteiger partial charge on any atom is -0.324 e. The Morgan fingerprint density at radius 3 is 2.63 bits per heavy atom. The number of halogens is 2. The van der Waals surface area contributed by atoms with Gasteiger partial charge in [0.1, 0.15) is 5.82 Å². The quantitative estimate of drug-likeness (QED) is 0.873. The van der Waals surface area contributed by atoms with E-state index in [1.54, 1.807) is 6.07 Å².